The second-order valence-electron chi connectivity index (χ2n) is 10.7. The number of carbonyl (C=O) groups excluding carboxylic acids is 4. The third-order valence-electron chi connectivity index (χ3n) is 6.98. The molecule has 1 aromatic heterocycles. The van der Waals surface area contributed by atoms with Gasteiger partial charge in [-0.2, -0.15) is 0 Å². The number of pyridine rings is 1. The van der Waals surface area contributed by atoms with Gasteiger partial charge in [-0.05, 0) is 80.2 Å². The summed E-state index contributed by atoms with van der Waals surface area (Å²) in [5, 5.41) is 2.85. The Hall–Kier alpha value is -3.27. The van der Waals surface area contributed by atoms with Crippen LogP contribution in [0.25, 0.3) is 0 Å². The van der Waals surface area contributed by atoms with Gasteiger partial charge in [0.15, 0.2) is 0 Å². The highest BCUT2D eigenvalue weighted by molar-refractivity contribution is 9.10. The summed E-state index contributed by atoms with van der Waals surface area (Å²) < 4.78 is 6.21. The zero-order chi connectivity index (χ0) is 26.0. The van der Waals surface area contributed by atoms with Crippen LogP contribution in [-0.4, -0.2) is 62.8 Å². The number of imide groups is 1. The van der Waals surface area contributed by atoms with Crippen molar-refractivity contribution in [2.75, 3.05) is 11.9 Å². The third kappa shape index (κ3) is 4.17. The molecule has 0 spiro atoms. The van der Waals surface area contributed by atoms with Crippen LogP contribution in [-0.2, 0) is 9.53 Å². The lowest BCUT2D eigenvalue weighted by atomic mass is 9.98. The maximum atomic E-state index is 13.4. The van der Waals surface area contributed by atoms with Gasteiger partial charge in [0.1, 0.15) is 22.1 Å². The van der Waals surface area contributed by atoms with E-state index in [0.29, 0.717) is 34.4 Å². The van der Waals surface area contributed by atoms with Crippen LogP contribution in [0, 0.1) is 12.3 Å². The summed E-state index contributed by atoms with van der Waals surface area (Å²) in [6, 6.07) is 9.20. The first-order valence-corrected chi connectivity index (χ1v) is 12.6. The predicted octanol–water partition coefficient (Wildman–Crippen LogP) is 4.16. The monoisotopic (exact) mass is 554 g/mol. The van der Waals surface area contributed by atoms with E-state index < -0.39 is 23.2 Å². The Morgan fingerprint density at radius 2 is 1.75 bits per heavy atom. The number of likely N-dealkylation sites (tertiary alicyclic amines) is 1. The fraction of sp³-hybridized carbons (Fsp3) is 0.423. The summed E-state index contributed by atoms with van der Waals surface area (Å²) in [5.41, 5.74) is 0.223. The van der Waals surface area contributed by atoms with E-state index in [2.05, 4.69) is 26.2 Å². The first-order valence-electron chi connectivity index (χ1n) is 11.8. The van der Waals surface area contributed by atoms with Crippen molar-refractivity contribution in [3.8, 4) is 0 Å². The highest BCUT2D eigenvalue weighted by atomic mass is 79.9. The summed E-state index contributed by atoms with van der Waals surface area (Å²) in [4.78, 5) is 59.7. The van der Waals surface area contributed by atoms with Crippen molar-refractivity contribution < 1.29 is 23.9 Å². The SMILES string of the molecule is Cc1ccc(Br)nc1NC(=O)[C@@H]1CC2(CN3C(=O)c4ccccc4C3=O)CC2N1C(=O)OC(C)(C)C. The number of piperidine rings is 1. The normalized spacial score (nSPS) is 24.5. The van der Waals surface area contributed by atoms with Crippen LogP contribution < -0.4 is 5.32 Å². The number of carbonyl (C=O) groups is 4. The fourth-order valence-corrected chi connectivity index (χ4v) is 5.50. The van der Waals surface area contributed by atoms with Gasteiger partial charge < -0.3 is 10.1 Å². The number of rotatable bonds is 4. The van der Waals surface area contributed by atoms with Crippen LogP contribution in [0.15, 0.2) is 41.0 Å². The van der Waals surface area contributed by atoms with Gasteiger partial charge in [-0.3, -0.25) is 24.2 Å². The summed E-state index contributed by atoms with van der Waals surface area (Å²) in [6.45, 7) is 7.27. The van der Waals surface area contributed by atoms with E-state index in [4.69, 9.17) is 4.74 Å². The minimum Gasteiger partial charge on any atom is -0.444 e. The van der Waals surface area contributed by atoms with E-state index in [0.717, 1.165) is 5.56 Å². The third-order valence-corrected chi connectivity index (χ3v) is 7.42. The standard InChI is InChI=1S/C26H27BrN4O5/c1-14-9-10-19(27)28-20(14)29-21(32)17-11-26(12-18(26)31(17)24(35)36-25(2,3)4)13-30-22(33)15-7-5-6-8-16(15)23(30)34/h5-10,17-18H,11-13H2,1-4H3,(H,28,29,32)/t17-,18?,26?/m0/s1. The molecule has 3 atom stereocenters. The molecule has 1 aliphatic carbocycles. The topological polar surface area (TPSA) is 109 Å². The Morgan fingerprint density at radius 1 is 1.11 bits per heavy atom. The van der Waals surface area contributed by atoms with Crippen molar-refractivity contribution in [2.24, 2.45) is 5.41 Å². The van der Waals surface area contributed by atoms with Gasteiger partial charge in [-0.25, -0.2) is 9.78 Å². The van der Waals surface area contributed by atoms with E-state index in [-0.39, 0.29) is 30.3 Å². The zero-order valence-corrected chi connectivity index (χ0v) is 22.1. The van der Waals surface area contributed by atoms with Gasteiger partial charge in [0.2, 0.25) is 5.91 Å². The summed E-state index contributed by atoms with van der Waals surface area (Å²) in [6.07, 6.45) is 0.300. The van der Waals surface area contributed by atoms with E-state index in [1.807, 2.05) is 13.0 Å². The van der Waals surface area contributed by atoms with E-state index in [1.54, 1.807) is 51.1 Å². The highest BCUT2D eigenvalue weighted by Gasteiger charge is 2.69. The average molecular weight is 555 g/mol. The predicted molar refractivity (Wildman–Crippen MR) is 134 cm³/mol. The Labute approximate surface area is 217 Å². The fourth-order valence-electron chi connectivity index (χ4n) is 5.19. The molecule has 2 aliphatic heterocycles. The Morgan fingerprint density at radius 3 is 2.36 bits per heavy atom. The quantitative estimate of drug-likeness (QED) is 0.449. The first kappa shape index (κ1) is 24.4. The number of nitrogens with zero attached hydrogens (tertiary/aromatic N) is 3. The number of halogens is 1. The molecule has 2 unspecified atom stereocenters. The van der Waals surface area contributed by atoms with Crippen LogP contribution in [0.4, 0.5) is 10.6 Å². The van der Waals surface area contributed by atoms with Crippen molar-refractivity contribution in [3.05, 3.63) is 57.7 Å². The summed E-state index contributed by atoms with van der Waals surface area (Å²) >= 11 is 3.32. The number of aromatic nitrogens is 1. The van der Waals surface area contributed by atoms with Crippen LogP contribution in [0.3, 0.4) is 0 Å². The minimum atomic E-state index is -0.825. The molecule has 36 heavy (non-hydrogen) atoms. The Kier molecular flexibility index (Phi) is 5.70. The van der Waals surface area contributed by atoms with Crippen LogP contribution in [0.1, 0.15) is 59.9 Å². The molecule has 0 bridgehead atoms. The first-order chi connectivity index (χ1) is 16.9. The van der Waals surface area contributed by atoms with Gasteiger partial charge in [0, 0.05) is 18.0 Å². The molecule has 4 amide bonds. The van der Waals surface area contributed by atoms with E-state index in [9.17, 15) is 19.2 Å². The number of aryl methyl sites for hydroxylation is 1. The molecule has 10 heteroatoms. The van der Waals surface area contributed by atoms with Gasteiger partial charge in [0.05, 0.1) is 11.1 Å². The molecule has 3 aliphatic rings. The average Bonchev–Trinajstić information content (AvgIpc) is 3.32. The zero-order valence-electron chi connectivity index (χ0n) is 20.5. The largest absolute Gasteiger partial charge is 0.444 e. The minimum absolute atomic E-state index is 0.140. The maximum absolute atomic E-state index is 13.4. The lowest BCUT2D eigenvalue weighted by Gasteiger charge is -2.29. The molecule has 2 aromatic rings. The molecule has 1 aromatic carbocycles. The number of hydrogen-bond acceptors (Lipinski definition) is 6. The summed E-state index contributed by atoms with van der Waals surface area (Å²) in [7, 11) is 0. The molecule has 3 heterocycles. The number of hydrogen-bond donors (Lipinski definition) is 1. The smallest absolute Gasteiger partial charge is 0.411 e. The molecule has 5 rings (SSSR count). The molecule has 2 fully saturated rings. The van der Waals surface area contributed by atoms with Crippen LogP contribution in [0.5, 0.6) is 0 Å². The van der Waals surface area contributed by atoms with Crippen molar-refractivity contribution in [2.45, 2.75) is 58.2 Å². The van der Waals surface area contributed by atoms with Crippen LogP contribution >= 0.6 is 15.9 Å². The van der Waals surface area contributed by atoms with Gasteiger partial charge in [-0.1, -0.05) is 18.2 Å². The Balaban J connectivity index is 1.41. The number of ether oxygens (including phenoxy) is 1. The van der Waals surface area contributed by atoms with Crippen LogP contribution in [0.2, 0.25) is 0 Å². The molecule has 0 radical (unpaired) electrons. The molecular formula is C26H27BrN4O5. The number of fused-ring (bicyclic) bond motifs is 2. The van der Waals surface area contributed by atoms with Crippen molar-refractivity contribution >= 4 is 45.6 Å². The molecule has 188 valence electrons. The molecule has 9 nitrogen and oxygen atoms in total. The lowest BCUT2D eigenvalue weighted by molar-refractivity contribution is -0.121. The van der Waals surface area contributed by atoms with Gasteiger partial charge in [-0.15, -0.1) is 0 Å². The molecule has 1 saturated carbocycles. The number of benzene rings is 1. The number of anilines is 1. The summed E-state index contributed by atoms with van der Waals surface area (Å²) in [5.74, 6) is -0.681. The second-order valence-corrected chi connectivity index (χ2v) is 11.5. The number of amides is 4. The molecule has 1 saturated heterocycles. The molecular weight excluding hydrogens is 528 g/mol. The van der Waals surface area contributed by atoms with Gasteiger partial charge >= 0.3 is 6.09 Å². The maximum Gasteiger partial charge on any atom is 0.411 e. The lowest BCUT2D eigenvalue weighted by Crippen LogP contribution is -2.47. The van der Waals surface area contributed by atoms with E-state index >= 15 is 0 Å². The Bertz CT molecular complexity index is 1270. The van der Waals surface area contributed by atoms with Crippen molar-refractivity contribution in [1.29, 1.82) is 0 Å². The second kappa shape index (κ2) is 8.40. The highest BCUT2D eigenvalue weighted by Crippen LogP contribution is 2.60. The van der Waals surface area contributed by atoms with Crippen molar-refractivity contribution in [3.63, 3.8) is 0 Å². The van der Waals surface area contributed by atoms with Gasteiger partial charge in [0.25, 0.3) is 11.8 Å². The van der Waals surface area contributed by atoms with Crippen molar-refractivity contribution in [1.82, 2.24) is 14.8 Å². The molecule has 1 N–H and O–H groups in total. The number of nitrogens with one attached hydrogen (secondary N) is 1. The van der Waals surface area contributed by atoms with E-state index in [1.165, 1.54) is 9.80 Å².